The zero-order valence-corrected chi connectivity index (χ0v) is 12.4. The molecule has 1 aliphatic rings. The van der Waals surface area contributed by atoms with Crippen LogP contribution in [-0.2, 0) is 16.6 Å². The van der Waals surface area contributed by atoms with Crippen LogP contribution in [0.4, 0.5) is 0 Å². The Kier molecular flexibility index (Phi) is 3.94. The second kappa shape index (κ2) is 5.87. The SMILES string of the molecule is O=S1(=O)c2ccccc2CN1CCCOc1ccccc1. The summed E-state index contributed by atoms with van der Waals surface area (Å²) in [6, 6.07) is 16.7. The number of rotatable bonds is 5. The van der Waals surface area contributed by atoms with E-state index in [1.165, 1.54) is 4.31 Å². The van der Waals surface area contributed by atoms with E-state index in [2.05, 4.69) is 0 Å². The van der Waals surface area contributed by atoms with Gasteiger partial charge >= 0.3 is 0 Å². The van der Waals surface area contributed by atoms with Crippen molar-refractivity contribution in [1.82, 2.24) is 4.31 Å². The van der Waals surface area contributed by atoms with Gasteiger partial charge in [-0.05, 0) is 30.2 Å². The summed E-state index contributed by atoms with van der Waals surface area (Å²) < 4.78 is 31.8. The van der Waals surface area contributed by atoms with Gasteiger partial charge < -0.3 is 4.74 Å². The van der Waals surface area contributed by atoms with E-state index in [4.69, 9.17) is 4.74 Å². The summed E-state index contributed by atoms with van der Waals surface area (Å²) in [6.07, 6.45) is 0.669. The van der Waals surface area contributed by atoms with Crippen LogP contribution in [0.5, 0.6) is 5.75 Å². The molecule has 0 amide bonds. The average molecular weight is 303 g/mol. The normalized spacial score (nSPS) is 16.6. The van der Waals surface area contributed by atoms with E-state index in [0.29, 0.717) is 31.0 Å². The number of ether oxygens (including phenoxy) is 1. The van der Waals surface area contributed by atoms with E-state index in [0.717, 1.165) is 11.3 Å². The Labute approximate surface area is 125 Å². The van der Waals surface area contributed by atoms with Crippen molar-refractivity contribution in [2.75, 3.05) is 13.2 Å². The Hall–Kier alpha value is -1.85. The van der Waals surface area contributed by atoms with Crippen molar-refractivity contribution in [3.63, 3.8) is 0 Å². The van der Waals surface area contributed by atoms with Gasteiger partial charge in [-0.1, -0.05) is 36.4 Å². The molecule has 0 aromatic heterocycles. The van der Waals surface area contributed by atoms with Gasteiger partial charge in [0, 0.05) is 13.1 Å². The topological polar surface area (TPSA) is 46.6 Å². The molecule has 0 fully saturated rings. The third-order valence-corrected chi connectivity index (χ3v) is 5.45. The van der Waals surface area contributed by atoms with E-state index in [1.807, 2.05) is 42.5 Å². The molecule has 0 radical (unpaired) electrons. The zero-order chi connectivity index (χ0) is 14.7. The molecule has 3 rings (SSSR count). The van der Waals surface area contributed by atoms with Gasteiger partial charge in [-0.3, -0.25) is 0 Å². The fourth-order valence-electron chi connectivity index (χ4n) is 2.45. The monoisotopic (exact) mass is 303 g/mol. The molecular weight excluding hydrogens is 286 g/mol. The highest BCUT2D eigenvalue weighted by atomic mass is 32.2. The Bertz CT molecular complexity index is 713. The highest BCUT2D eigenvalue weighted by Gasteiger charge is 2.33. The first-order valence-electron chi connectivity index (χ1n) is 6.94. The molecule has 21 heavy (non-hydrogen) atoms. The van der Waals surface area contributed by atoms with Crippen molar-refractivity contribution in [3.8, 4) is 5.75 Å². The third kappa shape index (κ3) is 2.94. The minimum Gasteiger partial charge on any atom is -0.494 e. The molecule has 0 atom stereocenters. The lowest BCUT2D eigenvalue weighted by Gasteiger charge is -2.14. The molecule has 0 aliphatic carbocycles. The van der Waals surface area contributed by atoms with Gasteiger partial charge in [0.1, 0.15) is 5.75 Å². The standard InChI is InChI=1S/C16H17NO3S/c18-21(19)16-10-5-4-7-14(16)13-17(21)11-6-12-20-15-8-2-1-3-9-15/h1-5,7-10H,6,11-13H2. The Balaban J connectivity index is 1.56. The lowest BCUT2D eigenvalue weighted by atomic mass is 10.2. The second-order valence-corrected chi connectivity index (χ2v) is 6.87. The number of nitrogens with zero attached hydrogens (tertiary/aromatic N) is 1. The van der Waals surface area contributed by atoms with Crippen LogP contribution in [0.2, 0.25) is 0 Å². The average Bonchev–Trinajstić information content (AvgIpc) is 2.76. The quantitative estimate of drug-likeness (QED) is 0.798. The van der Waals surface area contributed by atoms with Crippen molar-refractivity contribution < 1.29 is 13.2 Å². The second-order valence-electron chi connectivity index (χ2n) is 4.96. The first-order chi connectivity index (χ1) is 10.2. The summed E-state index contributed by atoms with van der Waals surface area (Å²) in [5.41, 5.74) is 0.876. The summed E-state index contributed by atoms with van der Waals surface area (Å²) >= 11 is 0. The lowest BCUT2D eigenvalue weighted by Crippen LogP contribution is -2.26. The van der Waals surface area contributed by atoms with Crippen molar-refractivity contribution in [2.45, 2.75) is 17.9 Å². The van der Waals surface area contributed by atoms with Crippen molar-refractivity contribution in [3.05, 3.63) is 60.2 Å². The molecule has 0 N–H and O–H groups in total. The Morgan fingerprint density at radius 2 is 1.71 bits per heavy atom. The molecule has 5 heteroatoms. The molecule has 2 aromatic rings. The minimum absolute atomic E-state index is 0.439. The highest BCUT2D eigenvalue weighted by molar-refractivity contribution is 7.89. The van der Waals surface area contributed by atoms with Gasteiger partial charge in [-0.25, -0.2) is 8.42 Å². The van der Waals surface area contributed by atoms with Crippen LogP contribution in [0.15, 0.2) is 59.5 Å². The molecule has 0 spiro atoms. The smallest absolute Gasteiger partial charge is 0.243 e. The van der Waals surface area contributed by atoms with Crippen molar-refractivity contribution in [2.24, 2.45) is 0 Å². The molecule has 1 heterocycles. The van der Waals surface area contributed by atoms with Crippen LogP contribution in [0.1, 0.15) is 12.0 Å². The maximum absolute atomic E-state index is 12.3. The third-order valence-electron chi connectivity index (χ3n) is 3.50. The first kappa shape index (κ1) is 14.1. The van der Waals surface area contributed by atoms with Crippen molar-refractivity contribution in [1.29, 1.82) is 0 Å². The molecule has 0 saturated heterocycles. The van der Waals surface area contributed by atoms with E-state index in [-0.39, 0.29) is 0 Å². The van der Waals surface area contributed by atoms with Gasteiger partial charge in [-0.15, -0.1) is 0 Å². The molecule has 4 nitrogen and oxygen atoms in total. The van der Waals surface area contributed by atoms with Crippen LogP contribution >= 0.6 is 0 Å². The molecule has 0 bridgehead atoms. The van der Waals surface area contributed by atoms with E-state index < -0.39 is 10.0 Å². The van der Waals surface area contributed by atoms with E-state index in [9.17, 15) is 8.42 Å². The molecule has 110 valence electrons. The van der Waals surface area contributed by atoms with Crippen LogP contribution in [0.3, 0.4) is 0 Å². The number of hydrogen-bond acceptors (Lipinski definition) is 3. The lowest BCUT2D eigenvalue weighted by molar-refractivity contribution is 0.289. The number of benzene rings is 2. The molecule has 0 unspecified atom stereocenters. The fourth-order valence-corrected chi connectivity index (χ4v) is 4.12. The van der Waals surface area contributed by atoms with Gasteiger partial charge in [0.05, 0.1) is 11.5 Å². The number of hydrogen-bond donors (Lipinski definition) is 0. The summed E-state index contributed by atoms with van der Waals surface area (Å²) in [5, 5.41) is 0. The van der Waals surface area contributed by atoms with Crippen molar-refractivity contribution >= 4 is 10.0 Å². The summed E-state index contributed by atoms with van der Waals surface area (Å²) in [5.74, 6) is 0.810. The molecule has 2 aromatic carbocycles. The largest absolute Gasteiger partial charge is 0.494 e. The highest BCUT2D eigenvalue weighted by Crippen LogP contribution is 2.29. The van der Waals surface area contributed by atoms with Gasteiger partial charge in [-0.2, -0.15) is 4.31 Å². The zero-order valence-electron chi connectivity index (χ0n) is 11.6. The van der Waals surface area contributed by atoms with Gasteiger partial charge in [0.2, 0.25) is 10.0 Å². The maximum atomic E-state index is 12.3. The minimum atomic E-state index is -3.31. The number of sulfonamides is 1. The molecule has 1 aliphatic heterocycles. The van der Waals surface area contributed by atoms with Crippen LogP contribution in [0.25, 0.3) is 0 Å². The fraction of sp³-hybridized carbons (Fsp3) is 0.250. The van der Waals surface area contributed by atoms with Gasteiger partial charge in [0.25, 0.3) is 0 Å². The summed E-state index contributed by atoms with van der Waals surface area (Å²) in [4.78, 5) is 0.439. The van der Waals surface area contributed by atoms with Crippen LogP contribution < -0.4 is 4.74 Å². The van der Waals surface area contributed by atoms with Crippen LogP contribution in [-0.4, -0.2) is 25.9 Å². The Morgan fingerprint density at radius 3 is 2.48 bits per heavy atom. The predicted molar refractivity (Wildman–Crippen MR) is 80.6 cm³/mol. The number of fused-ring (bicyclic) bond motifs is 1. The maximum Gasteiger partial charge on any atom is 0.243 e. The number of para-hydroxylation sites is 1. The van der Waals surface area contributed by atoms with E-state index >= 15 is 0 Å². The van der Waals surface area contributed by atoms with Gasteiger partial charge in [0.15, 0.2) is 0 Å². The molecule has 0 saturated carbocycles. The Morgan fingerprint density at radius 1 is 1.00 bits per heavy atom. The molecular formula is C16H17NO3S. The first-order valence-corrected chi connectivity index (χ1v) is 8.38. The van der Waals surface area contributed by atoms with E-state index in [1.54, 1.807) is 12.1 Å². The van der Waals surface area contributed by atoms with Crippen LogP contribution in [0, 0.1) is 0 Å². The predicted octanol–water partition coefficient (Wildman–Crippen LogP) is 2.66. The summed E-state index contributed by atoms with van der Waals surface area (Å²) in [6.45, 7) is 1.44. The summed E-state index contributed by atoms with van der Waals surface area (Å²) in [7, 11) is -3.31.